The van der Waals surface area contributed by atoms with Crippen molar-refractivity contribution in [3.63, 3.8) is 0 Å². The van der Waals surface area contributed by atoms with Crippen molar-refractivity contribution in [3.05, 3.63) is 108 Å². The van der Waals surface area contributed by atoms with Crippen LogP contribution in [0.15, 0.2) is 91.5 Å². The van der Waals surface area contributed by atoms with Crippen LogP contribution in [0.3, 0.4) is 0 Å². The summed E-state index contributed by atoms with van der Waals surface area (Å²) in [5.41, 5.74) is 9.03. The fourth-order valence-corrected chi connectivity index (χ4v) is 5.43. The Morgan fingerprint density at radius 1 is 0.583 bits per heavy atom. The molecule has 0 spiro atoms. The Morgan fingerprint density at radius 3 is 1.53 bits per heavy atom. The average Bonchev–Trinajstić information content (AvgIpc) is 3.40. The maximum Gasteiger partial charge on any atom is 0.0993 e. The Morgan fingerprint density at radius 2 is 1.06 bits per heavy atom. The highest BCUT2D eigenvalue weighted by atomic mass is 15.0. The van der Waals surface area contributed by atoms with Gasteiger partial charge in [0.05, 0.1) is 46.1 Å². The highest BCUT2D eigenvalue weighted by Gasteiger charge is 2.17. The third-order valence-electron chi connectivity index (χ3n) is 7.00. The molecule has 0 atom stereocenters. The molecular weight excluding hydrogens is 442 g/mol. The molecule has 4 aromatic heterocycles. The molecular formula is C31H21N5. The number of rotatable bonds is 2. The van der Waals surface area contributed by atoms with Gasteiger partial charge >= 0.3 is 0 Å². The van der Waals surface area contributed by atoms with Crippen LogP contribution in [0.4, 0.5) is 0 Å². The second-order valence-electron chi connectivity index (χ2n) is 9.35. The van der Waals surface area contributed by atoms with E-state index in [0.29, 0.717) is 5.56 Å². The second kappa shape index (κ2) is 7.53. The van der Waals surface area contributed by atoms with E-state index in [-0.39, 0.29) is 0 Å². The summed E-state index contributed by atoms with van der Waals surface area (Å²) in [6, 6.07) is 25.6. The summed E-state index contributed by atoms with van der Waals surface area (Å²) in [5, 5.41) is 14.6. The lowest BCUT2D eigenvalue weighted by atomic mass is 10.1. The summed E-state index contributed by atoms with van der Waals surface area (Å²) in [5.74, 6) is 0. The van der Waals surface area contributed by atoms with Crippen LogP contribution in [0.5, 0.6) is 0 Å². The monoisotopic (exact) mass is 463 g/mol. The molecule has 5 nitrogen and oxygen atoms in total. The summed E-state index contributed by atoms with van der Waals surface area (Å²) in [6.45, 7) is 4.20. The van der Waals surface area contributed by atoms with E-state index in [4.69, 9.17) is 0 Å². The van der Waals surface area contributed by atoms with Gasteiger partial charge in [-0.15, -0.1) is 0 Å². The molecule has 0 saturated heterocycles. The van der Waals surface area contributed by atoms with Gasteiger partial charge in [0, 0.05) is 45.3 Å². The predicted molar refractivity (Wildman–Crippen MR) is 145 cm³/mol. The molecule has 0 unspecified atom stereocenters. The van der Waals surface area contributed by atoms with Crippen molar-refractivity contribution in [3.8, 4) is 17.4 Å². The molecule has 7 rings (SSSR count). The summed E-state index contributed by atoms with van der Waals surface area (Å²) >= 11 is 0. The first-order valence-electron chi connectivity index (χ1n) is 11.9. The van der Waals surface area contributed by atoms with Crippen molar-refractivity contribution in [1.29, 1.82) is 5.26 Å². The molecule has 3 aromatic carbocycles. The van der Waals surface area contributed by atoms with E-state index in [2.05, 4.69) is 93.6 Å². The van der Waals surface area contributed by atoms with Crippen molar-refractivity contribution in [1.82, 2.24) is 19.1 Å². The summed E-state index contributed by atoms with van der Waals surface area (Å²) in [7, 11) is 0. The molecule has 0 saturated carbocycles. The molecule has 5 heteroatoms. The van der Waals surface area contributed by atoms with Crippen LogP contribution in [0.2, 0.25) is 0 Å². The first-order valence-corrected chi connectivity index (χ1v) is 11.9. The molecule has 0 radical (unpaired) electrons. The van der Waals surface area contributed by atoms with Gasteiger partial charge in [-0.1, -0.05) is 24.3 Å². The number of pyridine rings is 2. The molecule has 7 aromatic rings. The Labute approximate surface area is 207 Å². The maximum atomic E-state index is 10.0. The van der Waals surface area contributed by atoms with Gasteiger partial charge in [-0.3, -0.25) is 9.97 Å². The number of aromatic nitrogens is 4. The molecule has 0 fully saturated rings. The summed E-state index contributed by atoms with van der Waals surface area (Å²) in [6.07, 6.45) is 7.46. The molecule has 170 valence electrons. The number of nitriles is 1. The second-order valence-corrected chi connectivity index (χ2v) is 9.35. The third-order valence-corrected chi connectivity index (χ3v) is 7.00. The topological polar surface area (TPSA) is 59.4 Å². The third kappa shape index (κ3) is 2.88. The van der Waals surface area contributed by atoms with Crippen LogP contribution < -0.4 is 0 Å². The predicted octanol–water partition coefficient (Wildman–Crippen LogP) is 7.16. The fraction of sp³-hybridized carbons (Fsp3) is 0.0645. The van der Waals surface area contributed by atoms with Gasteiger partial charge in [-0.2, -0.15) is 5.26 Å². The van der Waals surface area contributed by atoms with Gasteiger partial charge in [-0.05, 0) is 67.4 Å². The smallest absolute Gasteiger partial charge is 0.0993 e. The van der Waals surface area contributed by atoms with E-state index >= 15 is 0 Å². The van der Waals surface area contributed by atoms with Gasteiger partial charge in [-0.25, -0.2) is 0 Å². The number of nitrogens with zero attached hydrogens (tertiary/aromatic N) is 5. The molecule has 0 N–H and O–H groups in total. The zero-order valence-corrected chi connectivity index (χ0v) is 19.9. The standard InChI is InChI=1S/C31H21N5/c1-19-3-5-24-26-7-9-33-17-30(26)35(28(24)11-19)22-13-21(16-32)14-23(15-22)36-29-12-20(2)4-6-25(29)27-8-10-34-18-31(27)36/h3-15,17-18H,1-2H3. The van der Waals surface area contributed by atoms with Crippen molar-refractivity contribution in [2.45, 2.75) is 13.8 Å². The van der Waals surface area contributed by atoms with Crippen molar-refractivity contribution in [2.75, 3.05) is 0 Å². The van der Waals surface area contributed by atoms with E-state index in [1.807, 2.05) is 36.9 Å². The van der Waals surface area contributed by atoms with Crippen LogP contribution in [0, 0.1) is 25.2 Å². The van der Waals surface area contributed by atoms with Gasteiger partial charge < -0.3 is 9.13 Å². The Kier molecular flexibility index (Phi) is 4.27. The van der Waals surface area contributed by atoms with Crippen LogP contribution in [0.1, 0.15) is 16.7 Å². The van der Waals surface area contributed by atoms with Crippen molar-refractivity contribution >= 4 is 43.6 Å². The van der Waals surface area contributed by atoms with E-state index in [0.717, 1.165) is 44.2 Å². The number of hydrogen-bond acceptors (Lipinski definition) is 3. The minimum absolute atomic E-state index is 0.598. The molecule has 0 amide bonds. The van der Waals surface area contributed by atoms with Crippen molar-refractivity contribution < 1.29 is 0 Å². The van der Waals surface area contributed by atoms with Gasteiger partial charge in [0.25, 0.3) is 0 Å². The number of hydrogen-bond donors (Lipinski definition) is 0. The molecule has 4 heterocycles. The first kappa shape index (κ1) is 20.4. The molecule has 36 heavy (non-hydrogen) atoms. The highest BCUT2D eigenvalue weighted by Crippen LogP contribution is 2.36. The maximum absolute atomic E-state index is 10.0. The van der Waals surface area contributed by atoms with Gasteiger partial charge in [0.2, 0.25) is 0 Å². The minimum atomic E-state index is 0.598. The van der Waals surface area contributed by atoms with E-state index in [1.165, 1.54) is 21.9 Å². The number of aryl methyl sites for hydroxylation is 2. The van der Waals surface area contributed by atoms with E-state index in [1.54, 1.807) is 0 Å². The molecule has 0 aliphatic heterocycles. The van der Waals surface area contributed by atoms with Gasteiger partial charge in [0.15, 0.2) is 0 Å². The Bertz CT molecular complexity index is 1900. The Balaban J connectivity index is 1.61. The lowest BCUT2D eigenvalue weighted by molar-refractivity contribution is 1.12. The van der Waals surface area contributed by atoms with E-state index in [9.17, 15) is 5.26 Å². The van der Waals surface area contributed by atoms with Crippen LogP contribution in [0.25, 0.3) is 55.0 Å². The SMILES string of the molecule is Cc1ccc2c3ccncc3n(-c3cc(C#N)cc(-n4c5cnccc5c5ccc(C)cc54)c3)c2c1. The highest BCUT2D eigenvalue weighted by molar-refractivity contribution is 6.10. The normalized spacial score (nSPS) is 11.6. The van der Waals surface area contributed by atoms with E-state index < -0.39 is 0 Å². The first-order chi connectivity index (χ1) is 17.6. The lowest BCUT2D eigenvalue weighted by Crippen LogP contribution is -2.00. The largest absolute Gasteiger partial charge is 0.308 e. The molecule has 0 aliphatic carbocycles. The number of benzene rings is 3. The summed E-state index contributed by atoms with van der Waals surface area (Å²) < 4.78 is 4.43. The lowest BCUT2D eigenvalue weighted by Gasteiger charge is -2.14. The number of fused-ring (bicyclic) bond motifs is 6. The zero-order valence-electron chi connectivity index (χ0n) is 19.9. The Hall–Kier alpha value is -4.95. The minimum Gasteiger partial charge on any atom is -0.308 e. The van der Waals surface area contributed by atoms with Gasteiger partial charge in [0.1, 0.15) is 0 Å². The molecule has 0 bridgehead atoms. The quantitative estimate of drug-likeness (QED) is 0.273. The van der Waals surface area contributed by atoms with Crippen LogP contribution in [-0.2, 0) is 0 Å². The average molecular weight is 464 g/mol. The van der Waals surface area contributed by atoms with Crippen LogP contribution in [-0.4, -0.2) is 19.1 Å². The molecule has 0 aliphatic rings. The van der Waals surface area contributed by atoms with Crippen LogP contribution >= 0.6 is 0 Å². The fourth-order valence-electron chi connectivity index (χ4n) is 5.43. The zero-order chi connectivity index (χ0) is 24.4. The van der Waals surface area contributed by atoms with Crippen molar-refractivity contribution in [2.24, 2.45) is 0 Å². The summed E-state index contributed by atoms with van der Waals surface area (Å²) in [4.78, 5) is 8.85.